The normalized spacial score (nSPS) is 12.3. The highest BCUT2D eigenvalue weighted by atomic mass is 79.9. The molecule has 0 N–H and O–H groups in total. The molecule has 0 radical (unpaired) electrons. The number of para-hydroxylation sites is 1. The van der Waals surface area contributed by atoms with Gasteiger partial charge in [-0.25, -0.2) is 9.97 Å². The lowest BCUT2D eigenvalue weighted by Gasteiger charge is -2.11. The zero-order chi connectivity index (χ0) is 15.5. The molecule has 0 bridgehead atoms. The molecule has 0 saturated carbocycles. The number of hydrogen-bond donors (Lipinski definition) is 0. The minimum Gasteiger partial charge on any atom is -0.293 e. The Balaban J connectivity index is 1.85. The van der Waals surface area contributed by atoms with Gasteiger partial charge in [0.2, 0.25) is 0 Å². The minimum atomic E-state index is -0.209. The maximum absolute atomic E-state index is 12.5. The molecule has 1 aromatic heterocycles. The lowest BCUT2D eigenvalue weighted by atomic mass is 10.1. The summed E-state index contributed by atoms with van der Waals surface area (Å²) in [7, 11) is 0. The molecule has 0 amide bonds. The van der Waals surface area contributed by atoms with Crippen LogP contribution in [0.25, 0.3) is 10.9 Å². The first-order chi connectivity index (χ1) is 10.6. The Morgan fingerprint density at radius 1 is 1.09 bits per heavy atom. The third-order valence-corrected chi connectivity index (χ3v) is 4.94. The van der Waals surface area contributed by atoms with Gasteiger partial charge in [-0.05, 0) is 25.1 Å². The molecule has 0 saturated heterocycles. The van der Waals surface area contributed by atoms with Crippen LogP contribution in [0.5, 0.6) is 0 Å². The summed E-state index contributed by atoms with van der Waals surface area (Å²) in [6.07, 6.45) is 1.54. The summed E-state index contributed by atoms with van der Waals surface area (Å²) in [4.78, 5) is 21.1. The Kier molecular flexibility index (Phi) is 4.55. The molecule has 110 valence electrons. The number of nitrogens with zero attached hydrogens (tertiary/aromatic N) is 2. The van der Waals surface area contributed by atoms with E-state index in [1.165, 1.54) is 11.8 Å². The molecule has 5 heteroatoms. The third-order valence-electron chi connectivity index (χ3n) is 3.29. The Labute approximate surface area is 141 Å². The van der Waals surface area contributed by atoms with Crippen LogP contribution in [0, 0.1) is 0 Å². The molecule has 0 unspecified atom stereocenters. The van der Waals surface area contributed by atoms with Gasteiger partial charge in [-0.2, -0.15) is 0 Å². The van der Waals surface area contributed by atoms with Crippen molar-refractivity contribution in [2.24, 2.45) is 0 Å². The number of benzene rings is 2. The second-order valence-corrected chi connectivity index (χ2v) is 7.07. The van der Waals surface area contributed by atoms with Crippen LogP contribution in [0.3, 0.4) is 0 Å². The lowest BCUT2D eigenvalue weighted by Crippen LogP contribution is -2.13. The summed E-state index contributed by atoms with van der Waals surface area (Å²) in [6.45, 7) is 1.91. The maximum atomic E-state index is 12.5. The highest BCUT2D eigenvalue weighted by Crippen LogP contribution is 2.29. The fourth-order valence-electron chi connectivity index (χ4n) is 2.14. The summed E-state index contributed by atoms with van der Waals surface area (Å²) in [5.74, 6) is 0.0974. The van der Waals surface area contributed by atoms with E-state index in [-0.39, 0.29) is 11.0 Å². The van der Waals surface area contributed by atoms with Crippen LogP contribution in [0.4, 0.5) is 0 Å². The van der Waals surface area contributed by atoms with Crippen molar-refractivity contribution in [3.8, 4) is 0 Å². The molecule has 22 heavy (non-hydrogen) atoms. The van der Waals surface area contributed by atoms with Gasteiger partial charge in [-0.15, -0.1) is 0 Å². The first-order valence-corrected chi connectivity index (χ1v) is 8.48. The van der Waals surface area contributed by atoms with Gasteiger partial charge >= 0.3 is 0 Å². The number of ketones is 1. The Bertz CT molecular complexity index is 815. The molecule has 3 rings (SSSR count). The van der Waals surface area contributed by atoms with Crippen LogP contribution in [0.1, 0.15) is 17.3 Å². The van der Waals surface area contributed by atoms with Crippen molar-refractivity contribution >= 4 is 44.4 Å². The largest absolute Gasteiger partial charge is 0.293 e. The number of carbonyl (C=O) groups excluding carboxylic acids is 1. The van der Waals surface area contributed by atoms with Crippen LogP contribution >= 0.6 is 27.7 Å². The Morgan fingerprint density at radius 2 is 1.82 bits per heavy atom. The van der Waals surface area contributed by atoms with Gasteiger partial charge in [0, 0.05) is 15.4 Å². The van der Waals surface area contributed by atoms with Gasteiger partial charge in [-0.3, -0.25) is 4.79 Å². The van der Waals surface area contributed by atoms with Gasteiger partial charge in [0.1, 0.15) is 11.4 Å². The number of rotatable bonds is 4. The zero-order valence-electron chi connectivity index (χ0n) is 11.9. The smallest absolute Gasteiger partial charge is 0.175 e. The molecular formula is C17H13BrN2OS. The molecular weight excluding hydrogens is 360 g/mol. The van der Waals surface area contributed by atoms with E-state index in [0.29, 0.717) is 5.56 Å². The molecule has 2 aromatic carbocycles. The molecule has 0 aliphatic carbocycles. The van der Waals surface area contributed by atoms with Crippen molar-refractivity contribution in [2.45, 2.75) is 17.2 Å². The van der Waals surface area contributed by atoms with Gasteiger partial charge in [0.05, 0.1) is 10.8 Å². The van der Waals surface area contributed by atoms with Gasteiger partial charge in [0.15, 0.2) is 5.78 Å². The van der Waals surface area contributed by atoms with Crippen LogP contribution in [-0.4, -0.2) is 21.0 Å². The molecule has 1 heterocycles. The highest BCUT2D eigenvalue weighted by molar-refractivity contribution is 9.10. The van der Waals surface area contributed by atoms with E-state index >= 15 is 0 Å². The number of aromatic nitrogens is 2. The fourth-order valence-corrected chi connectivity index (χ4v) is 3.39. The maximum Gasteiger partial charge on any atom is 0.175 e. The van der Waals surface area contributed by atoms with Crippen LogP contribution < -0.4 is 0 Å². The summed E-state index contributed by atoms with van der Waals surface area (Å²) < 4.78 is 0.964. The quantitative estimate of drug-likeness (QED) is 0.376. The predicted molar refractivity (Wildman–Crippen MR) is 93.3 cm³/mol. The summed E-state index contributed by atoms with van der Waals surface area (Å²) >= 11 is 4.85. The standard InChI is InChI=1S/C17H13BrN2OS/c1-11(16(21)12-6-8-13(18)9-7-12)22-17-14-4-2-3-5-15(14)19-10-20-17/h2-11H,1H3/t11-/m0/s1. The summed E-state index contributed by atoms with van der Waals surface area (Å²) in [5.41, 5.74) is 1.60. The molecule has 0 aliphatic heterocycles. The van der Waals surface area contributed by atoms with E-state index in [9.17, 15) is 4.79 Å². The average Bonchev–Trinajstić information content (AvgIpc) is 2.55. The SMILES string of the molecule is C[C@H](Sc1ncnc2ccccc12)C(=O)c1ccc(Br)cc1. The Morgan fingerprint density at radius 3 is 2.59 bits per heavy atom. The second-order valence-electron chi connectivity index (χ2n) is 4.83. The fraction of sp³-hybridized carbons (Fsp3) is 0.118. The first-order valence-electron chi connectivity index (χ1n) is 6.81. The highest BCUT2D eigenvalue weighted by Gasteiger charge is 2.18. The number of fused-ring (bicyclic) bond motifs is 1. The van der Waals surface area contributed by atoms with E-state index in [2.05, 4.69) is 25.9 Å². The minimum absolute atomic E-state index is 0.0974. The summed E-state index contributed by atoms with van der Waals surface area (Å²) in [5, 5.41) is 1.61. The number of carbonyl (C=O) groups is 1. The van der Waals surface area contributed by atoms with Crippen molar-refractivity contribution in [1.29, 1.82) is 0 Å². The predicted octanol–water partition coefficient (Wildman–Crippen LogP) is 4.76. The number of Topliss-reactive ketones (excluding diaryl/α,β-unsaturated/α-hetero) is 1. The van der Waals surface area contributed by atoms with Crippen LogP contribution in [-0.2, 0) is 0 Å². The van der Waals surface area contributed by atoms with E-state index in [0.717, 1.165) is 20.4 Å². The van der Waals surface area contributed by atoms with Gasteiger partial charge < -0.3 is 0 Å². The molecule has 3 nitrogen and oxygen atoms in total. The molecule has 0 spiro atoms. The van der Waals surface area contributed by atoms with Crippen LogP contribution in [0.15, 0.2) is 64.4 Å². The van der Waals surface area contributed by atoms with E-state index < -0.39 is 0 Å². The van der Waals surface area contributed by atoms with Crippen molar-refractivity contribution in [1.82, 2.24) is 9.97 Å². The van der Waals surface area contributed by atoms with E-state index in [4.69, 9.17) is 0 Å². The average molecular weight is 373 g/mol. The number of hydrogen-bond acceptors (Lipinski definition) is 4. The summed E-state index contributed by atoms with van der Waals surface area (Å²) in [6, 6.07) is 15.3. The first kappa shape index (κ1) is 15.2. The molecule has 3 aromatic rings. The van der Waals surface area contributed by atoms with Crippen molar-refractivity contribution in [3.63, 3.8) is 0 Å². The second kappa shape index (κ2) is 6.58. The monoisotopic (exact) mass is 372 g/mol. The molecule has 0 aliphatic rings. The van der Waals surface area contributed by atoms with Gasteiger partial charge in [0.25, 0.3) is 0 Å². The van der Waals surface area contributed by atoms with Crippen molar-refractivity contribution in [3.05, 3.63) is 64.9 Å². The van der Waals surface area contributed by atoms with Crippen molar-refractivity contribution < 1.29 is 4.79 Å². The topological polar surface area (TPSA) is 42.9 Å². The van der Waals surface area contributed by atoms with Crippen LogP contribution in [0.2, 0.25) is 0 Å². The number of thioether (sulfide) groups is 1. The van der Waals surface area contributed by atoms with E-state index in [1.807, 2.05) is 55.5 Å². The lowest BCUT2D eigenvalue weighted by molar-refractivity contribution is 0.0994. The molecule has 1 atom stereocenters. The number of halogens is 1. The third kappa shape index (κ3) is 3.20. The van der Waals surface area contributed by atoms with Gasteiger partial charge in [-0.1, -0.05) is 58.0 Å². The van der Waals surface area contributed by atoms with Crippen molar-refractivity contribution in [2.75, 3.05) is 0 Å². The Hall–Kier alpha value is -1.72. The zero-order valence-corrected chi connectivity index (χ0v) is 14.3. The van der Waals surface area contributed by atoms with E-state index in [1.54, 1.807) is 6.33 Å². The molecule has 0 fully saturated rings.